The van der Waals surface area contributed by atoms with E-state index in [0.717, 1.165) is 30.8 Å². The van der Waals surface area contributed by atoms with Crippen LogP contribution in [0, 0.1) is 0 Å². The molecule has 0 fully saturated rings. The summed E-state index contributed by atoms with van der Waals surface area (Å²) in [6, 6.07) is 15.0. The van der Waals surface area contributed by atoms with Crippen LogP contribution in [0.15, 0.2) is 48.5 Å². The number of ether oxygens (including phenoxy) is 1. The SMILES string of the molecule is CC(Nc1ccc(OCC(=O)N(C)C)cc1)C(=O)N1CCCc2ccccc21. The number of aryl methyl sites for hydroxylation is 1. The molecule has 1 unspecified atom stereocenters. The lowest BCUT2D eigenvalue weighted by atomic mass is 10.0. The van der Waals surface area contributed by atoms with Crippen LogP contribution in [-0.4, -0.2) is 50.0 Å². The van der Waals surface area contributed by atoms with Crippen molar-refractivity contribution in [2.75, 3.05) is 37.5 Å². The zero-order valence-electron chi connectivity index (χ0n) is 16.6. The highest BCUT2D eigenvalue weighted by Crippen LogP contribution is 2.27. The molecule has 1 N–H and O–H groups in total. The number of carbonyl (C=O) groups is 2. The van der Waals surface area contributed by atoms with Gasteiger partial charge in [-0.1, -0.05) is 18.2 Å². The zero-order valence-corrected chi connectivity index (χ0v) is 16.6. The maximum absolute atomic E-state index is 13.0. The summed E-state index contributed by atoms with van der Waals surface area (Å²) in [6.07, 6.45) is 1.99. The normalized spacial score (nSPS) is 14.0. The van der Waals surface area contributed by atoms with Crippen LogP contribution in [0.1, 0.15) is 18.9 Å². The number of hydrogen-bond donors (Lipinski definition) is 1. The van der Waals surface area contributed by atoms with Crippen molar-refractivity contribution >= 4 is 23.2 Å². The molecule has 148 valence electrons. The number of nitrogens with zero attached hydrogens (tertiary/aromatic N) is 2. The second-order valence-electron chi connectivity index (χ2n) is 7.19. The second-order valence-corrected chi connectivity index (χ2v) is 7.19. The van der Waals surface area contributed by atoms with Crippen LogP contribution >= 0.6 is 0 Å². The first-order valence-corrected chi connectivity index (χ1v) is 9.54. The first kappa shape index (κ1) is 19.7. The summed E-state index contributed by atoms with van der Waals surface area (Å²) in [5.74, 6) is 0.581. The van der Waals surface area contributed by atoms with E-state index in [1.54, 1.807) is 26.2 Å². The van der Waals surface area contributed by atoms with Crippen LogP contribution in [0.2, 0.25) is 0 Å². The number of carbonyl (C=O) groups excluding carboxylic acids is 2. The number of amides is 2. The summed E-state index contributed by atoms with van der Waals surface area (Å²) < 4.78 is 5.48. The summed E-state index contributed by atoms with van der Waals surface area (Å²) in [7, 11) is 3.38. The highest BCUT2D eigenvalue weighted by Gasteiger charge is 2.26. The van der Waals surface area contributed by atoms with E-state index in [-0.39, 0.29) is 24.5 Å². The van der Waals surface area contributed by atoms with Gasteiger partial charge in [-0.05, 0) is 55.7 Å². The molecule has 0 radical (unpaired) electrons. The van der Waals surface area contributed by atoms with Gasteiger partial charge in [0.15, 0.2) is 6.61 Å². The van der Waals surface area contributed by atoms with E-state index >= 15 is 0 Å². The Morgan fingerprint density at radius 1 is 1.14 bits per heavy atom. The van der Waals surface area contributed by atoms with Gasteiger partial charge in [0, 0.05) is 32.0 Å². The molecule has 1 aliphatic rings. The summed E-state index contributed by atoms with van der Waals surface area (Å²) in [6.45, 7) is 2.62. The minimum atomic E-state index is -0.353. The molecular formula is C22H27N3O3. The molecule has 1 aliphatic heterocycles. The average Bonchev–Trinajstić information content (AvgIpc) is 2.71. The molecule has 0 saturated heterocycles. The van der Waals surface area contributed by atoms with Crippen LogP contribution < -0.4 is 15.0 Å². The van der Waals surface area contributed by atoms with Crippen LogP contribution in [0.25, 0.3) is 0 Å². The van der Waals surface area contributed by atoms with Gasteiger partial charge < -0.3 is 19.9 Å². The average molecular weight is 381 g/mol. The fourth-order valence-corrected chi connectivity index (χ4v) is 3.23. The quantitative estimate of drug-likeness (QED) is 0.836. The lowest BCUT2D eigenvalue weighted by molar-refractivity contribution is -0.130. The Hall–Kier alpha value is -3.02. The number of benzene rings is 2. The van der Waals surface area contributed by atoms with E-state index in [9.17, 15) is 9.59 Å². The fraction of sp³-hybridized carbons (Fsp3) is 0.364. The first-order chi connectivity index (χ1) is 13.5. The Balaban J connectivity index is 1.60. The van der Waals surface area contributed by atoms with Crippen molar-refractivity contribution in [3.63, 3.8) is 0 Å². The Kier molecular flexibility index (Phi) is 6.19. The number of likely N-dealkylation sites (N-methyl/N-ethyl adjacent to an activating group) is 1. The number of anilines is 2. The van der Waals surface area contributed by atoms with Crippen LogP contribution in [-0.2, 0) is 16.0 Å². The van der Waals surface area contributed by atoms with Crippen molar-refractivity contribution in [1.29, 1.82) is 0 Å². The van der Waals surface area contributed by atoms with E-state index in [1.807, 2.05) is 42.2 Å². The molecule has 3 rings (SSSR count). The molecule has 1 heterocycles. The minimum absolute atomic E-state index is 0.00301. The van der Waals surface area contributed by atoms with Gasteiger partial charge in [-0.25, -0.2) is 0 Å². The fourth-order valence-electron chi connectivity index (χ4n) is 3.23. The van der Waals surface area contributed by atoms with E-state index in [0.29, 0.717) is 5.75 Å². The lowest BCUT2D eigenvalue weighted by Gasteiger charge is -2.32. The van der Waals surface area contributed by atoms with Crippen molar-refractivity contribution in [3.05, 3.63) is 54.1 Å². The van der Waals surface area contributed by atoms with Crippen LogP contribution in [0.5, 0.6) is 5.75 Å². The molecule has 2 amide bonds. The Morgan fingerprint density at radius 2 is 1.86 bits per heavy atom. The molecule has 6 nitrogen and oxygen atoms in total. The number of nitrogens with one attached hydrogen (secondary N) is 1. The number of fused-ring (bicyclic) bond motifs is 1. The topological polar surface area (TPSA) is 61.9 Å². The van der Waals surface area contributed by atoms with Gasteiger partial charge in [0.2, 0.25) is 5.91 Å². The minimum Gasteiger partial charge on any atom is -0.484 e. The number of para-hydroxylation sites is 1. The predicted molar refractivity (Wildman–Crippen MR) is 111 cm³/mol. The largest absolute Gasteiger partial charge is 0.484 e. The molecule has 2 aromatic rings. The smallest absolute Gasteiger partial charge is 0.259 e. The highest BCUT2D eigenvalue weighted by molar-refractivity contribution is 5.99. The number of rotatable bonds is 6. The Morgan fingerprint density at radius 3 is 2.57 bits per heavy atom. The molecule has 0 spiro atoms. The van der Waals surface area contributed by atoms with Crippen molar-refractivity contribution < 1.29 is 14.3 Å². The van der Waals surface area contributed by atoms with Crippen LogP contribution in [0.3, 0.4) is 0 Å². The third kappa shape index (κ3) is 4.63. The molecular weight excluding hydrogens is 354 g/mol. The van der Waals surface area contributed by atoms with Gasteiger partial charge in [0.05, 0.1) is 0 Å². The Bertz CT molecular complexity index is 833. The zero-order chi connectivity index (χ0) is 20.1. The first-order valence-electron chi connectivity index (χ1n) is 9.54. The molecule has 28 heavy (non-hydrogen) atoms. The van der Waals surface area contributed by atoms with Gasteiger partial charge in [-0.2, -0.15) is 0 Å². The van der Waals surface area contributed by atoms with Crippen molar-refractivity contribution in [2.45, 2.75) is 25.8 Å². The molecule has 0 bridgehead atoms. The monoisotopic (exact) mass is 381 g/mol. The van der Waals surface area contributed by atoms with Crippen LogP contribution in [0.4, 0.5) is 11.4 Å². The number of hydrogen-bond acceptors (Lipinski definition) is 4. The van der Waals surface area contributed by atoms with Gasteiger partial charge in [-0.3, -0.25) is 9.59 Å². The standard InChI is InChI=1S/C22H27N3O3/c1-16(22(27)25-14-6-8-17-7-4-5-9-20(17)25)23-18-10-12-19(13-11-18)28-15-21(26)24(2)3/h4-5,7,9-13,16,23H,6,8,14-15H2,1-3H3. The Labute approximate surface area is 166 Å². The van der Waals surface area contributed by atoms with E-state index in [1.165, 1.54) is 10.5 Å². The van der Waals surface area contributed by atoms with E-state index < -0.39 is 0 Å². The molecule has 0 aliphatic carbocycles. The maximum Gasteiger partial charge on any atom is 0.259 e. The van der Waals surface area contributed by atoms with Crippen molar-refractivity contribution in [3.8, 4) is 5.75 Å². The molecule has 0 saturated carbocycles. The predicted octanol–water partition coefficient (Wildman–Crippen LogP) is 2.93. The van der Waals surface area contributed by atoms with Gasteiger partial charge >= 0.3 is 0 Å². The summed E-state index contributed by atoms with van der Waals surface area (Å²) in [5.41, 5.74) is 3.07. The highest BCUT2D eigenvalue weighted by atomic mass is 16.5. The van der Waals surface area contributed by atoms with Gasteiger partial charge in [0.1, 0.15) is 11.8 Å². The lowest BCUT2D eigenvalue weighted by Crippen LogP contribution is -2.44. The van der Waals surface area contributed by atoms with Gasteiger partial charge in [0.25, 0.3) is 5.91 Å². The molecule has 2 aromatic carbocycles. The summed E-state index contributed by atoms with van der Waals surface area (Å²) in [4.78, 5) is 27.9. The van der Waals surface area contributed by atoms with Gasteiger partial charge in [-0.15, -0.1) is 0 Å². The summed E-state index contributed by atoms with van der Waals surface area (Å²) in [5, 5.41) is 3.26. The van der Waals surface area contributed by atoms with Crippen molar-refractivity contribution in [2.24, 2.45) is 0 Å². The van der Waals surface area contributed by atoms with E-state index in [4.69, 9.17) is 4.74 Å². The summed E-state index contributed by atoms with van der Waals surface area (Å²) >= 11 is 0. The second kappa shape index (κ2) is 8.78. The third-order valence-electron chi connectivity index (χ3n) is 4.85. The van der Waals surface area contributed by atoms with E-state index in [2.05, 4.69) is 11.4 Å². The molecule has 6 heteroatoms. The molecule has 0 aromatic heterocycles. The molecule has 1 atom stereocenters. The third-order valence-corrected chi connectivity index (χ3v) is 4.85. The maximum atomic E-state index is 13.0. The van der Waals surface area contributed by atoms with Crippen molar-refractivity contribution in [1.82, 2.24) is 4.90 Å².